The summed E-state index contributed by atoms with van der Waals surface area (Å²) < 4.78 is 0. The molecule has 0 aliphatic carbocycles. The van der Waals surface area contributed by atoms with E-state index in [1.807, 2.05) is 5.38 Å². The number of thiophene rings is 1. The van der Waals surface area contributed by atoms with Gasteiger partial charge >= 0.3 is 49.4 Å². The van der Waals surface area contributed by atoms with Gasteiger partial charge in [-0.05, 0) is 46.6 Å². The van der Waals surface area contributed by atoms with E-state index in [1.54, 1.807) is 12.1 Å². The summed E-state index contributed by atoms with van der Waals surface area (Å²) in [5.41, 5.74) is 0. The van der Waals surface area contributed by atoms with Crippen molar-refractivity contribution in [1.82, 2.24) is 9.80 Å². The number of aliphatic hydroxyl groups excluding tert-OH is 1. The second kappa shape index (κ2) is 13.1. The molecular weight excluding hydrogens is 412 g/mol. The van der Waals surface area contributed by atoms with Crippen LogP contribution in [0.15, 0.2) is 29.3 Å². The first-order valence-corrected chi connectivity index (χ1v) is 6.95. The van der Waals surface area contributed by atoms with Crippen molar-refractivity contribution in [2.24, 2.45) is 0 Å². The number of rotatable bonds is 5. The van der Waals surface area contributed by atoms with Crippen LogP contribution in [0.1, 0.15) is 16.6 Å². The van der Waals surface area contributed by atoms with Crippen molar-refractivity contribution in [2.75, 3.05) is 41.3 Å². The first-order valence-electron chi connectivity index (χ1n) is 6.07. The van der Waals surface area contributed by atoms with Crippen LogP contribution in [-0.2, 0) is 0 Å². The van der Waals surface area contributed by atoms with Gasteiger partial charge in [0.15, 0.2) is 5.78 Å². The summed E-state index contributed by atoms with van der Waals surface area (Å²) in [6, 6.07) is 3.53. The Morgan fingerprint density at radius 2 is 1.75 bits per heavy atom. The fourth-order valence-electron chi connectivity index (χ4n) is 1.08. The maximum absolute atomic E-state index is 11.1. The van der Waals surface area contributed by atoms with E-state index < -0.39 is 0 Å². The third kappa shape index (κ3) is 13.4. The summed E-state index contributed by atoms with van der Waals surface area (Å²) in [6.07, 6.45) is 1.21. The smallest absolute Gasteiger partial charge is 0.512 e. The zero-order valence-corrected chi connectivity index (χ0v) is 16.0. The molecule has 1 aromatic heterocycles. The Labute approximate surface area is 167 Å². The molecule has 1 rings (SSSR count). The molecule has 0 saturated heterocycles. The van der Waals surface area contributed by atoms with Gasteiger partial charge in [-0.3, -0.25) is 4.79 Å². The Bertz CT molecular complexity index is 378. The molecule has 1 aromatic rings. The molecule has 0 bridgehead atoms. The Morgan fingerprint density at radius 1 is 1.25 bits per heavy atom. The third-order valence-electron chi connectivity index (χ3n) is 2.10. The van der Waals surface area contributed by atoms with Crippen molar-refractivity contribution in [2.45, 2.75) is 6.92 Å². The van der Waals surface area contributed by atoms with Crippen molar-refractivity contribution in [3.05, 3.63) is 34.2 Å². The molecule has 0 amide bonds. The van der Waals surface area contributed by atoms with Crippen LogP contribution < -0.4 is 0 Å². The molecule has 6 heteroatoms. The molecule has 1 N–H and O–H groups in total. The molecule has 0 unspecified atom stereocenters. The van der Waals surface area contributed by atoms with Gasteiger partial charge in [-0.1, -0.05) is 6.07 Å². The first-order chi connectivity index (χ1) is 8.82. The molecule has 0 fully saturated rings. The van der Waals surface area contributed by atoms with E-state index in [-0.39, 0.29) is 60.9 Å². The monoisotopic (exact) mass is 437 g/mol. The predicted octanol–water partition coefficient (Wildman–Crippen LogP) is 2.50. The van der Waals surface area contributed by atoms with Crippen LogP contribution in [-0.4, -0.2) is 62.0 Å². The van der Waals surface area contributed by atoms with Crippen LogP contribution in [0.5, 0.6) is 0 Å². The predicted molar refractivity (Wildman–Crippen MR) is 82.1 cm³/mol. The zero-order valence-electron chi connectivity index (χ0n) is 12.8. The minimum absolute atomic E-state index is 0. The fraction of sp³-hybridized carbons (Fsp3) is 0.500. The van der Waals surface area contributed by atoms with Gasteiger partial charge in [0.25, 0.3) is 0 Å². The summed E-state index contributed by atoms with van der Waals surface area (Å²) in [7, 11) is 8.35. The van der Waals surface area contributed by atoms with Gasteiger partial charge in [-0.25, -0.2) is 0 Å². The Hall–Kier alpha value is 0.414. The van der Waals surface area contributed by atoms with E-state index in [0.717, 1.165) is 13.1 Å². The average molecular weight is 436 g/mol. The zero-order chi connectivity index (χ0) is 14.8. The van der Waals surface area contributed by atoms with Gasteiger partial charge in [0.2, 0.25) is 0 Å². The van der Waals surface area contributed by atoms with Crippen LogP contribution in [0.2, 0.25) is 0 Å². The van der Waals surface area contributed by atoms with E-state index in [2.05, 4.69) is 38.0 Å². The van der Waals surface area contributed by atoms with E-state index in [1.165, 1.54) is 24.3 Å². The molecular formula is C14H24EuN2O2S+2. The molecule has 0 saturated carbocycles. The molecule has 0 spiro atoms. The van der Waals surface area contributed by atoms with Crippen LogP contribution >= 0.6 is 11.3 Å². The second-order valence-corrected chi connectivity index (χ2v) is 5.68. The second-order valence-electron chi connectivity index (χ2n) is 4.73. The Kier molecular flexibility index (Phi) is 14.9. The van der Waals surface area contributed by atoms with Crippen LogP contribution in [0, 0.1) is 49.4 Å². The molecule has 113 valence electrons. The summed E-state index contributed by atoms with van der Waals surface area (Å²) in [6.45, 7) is 3.77. The van der Waals surface area contributed by atoms with Crippen molar-refractivity contribution < 1.29 is 59.3 Å². The largest absolute Gasteiger partial charge is 2.00 e. The Balaban J connectivity index is 0. The van der Waals surface area contributed by atoms with Crippen LogP contribution in [0.4, 0.5) is 0 Å². The maximum atomic E-state index is 11.1. The van der Waals surface area contributed by atoms with Crippen molar-refractivity contribution in [3.8, 4) is 0 Å². The number of carbonyl (C=O) groups excluding carboxylic acids is 1. The van der Waals surface area contributed by atoms with Crippen molar-refractivity contribution >= 4 is 17.1 Å². The molecule has 1 heterocycles. The number of likely N-dealkylation sites (N-methyl/N-ethyl adjacent to an activating group) is 2. The number of hydrogen-bond donors (Lipinski definition) is 1. The fourth-order valence-corrected chi connectivity index (χ4v) is 1.72. The molecule has 20 heavy (non-hydrogen) atoms. The summed E-state index contributed by atoms with van der Waals surface area (Å²) in [5, 5.41) is 10.6. The van der Waals surface area contributed by atoms with Crippen molar-refractivity contribution in [1.29, 1.82) is 0 Å². The number of hydrogen-bond acceptors (Lipinski definition) is 5. The number of allylic oxidation sites excluding steroid dienone is 2. The van der Waals surface area contributed by atoms with Gasteiger partial charge in [0, 0.05) is 19.2 Å². The maximum Gasteiger partial charge on any atom is 2.00 e. The van der Waals surface area contributed by atoms with Crippen molar-refractivity contribution in [3.63, 3.8) is 0 Å². The molecule has 1 radical (unpaired) electrons. The summed E-state index contributed by atoms with van der Waals surface area (Å²) >= 11 is 1.37. The standard InChI is InChI=1S/C8H8O2S.C6H16N2.Eu/c1-6(9)5-7(10)8-3-2-4-11-8;1-7(2)5-6-8(3)4;/h2-5,9H,1H3;5-6H2,1-4H3;/q;;+2. The average Bonchev–Trinajstić information content (AvgIpc) is 2.79. The number of ketones is 1. The number of nitrogens with zero attached hydrogens (tertiary/aromatic N) is 2. The van der Waals surface area contributed by atoms with Gasteiger partial charge in [-0.2, -0.15) is 0 Å². The van der Waals surface area contributed by atoms with Gasteiger partial charge in [0.1, 0.15) is 0 Å². The Morgan fingerprint density at radius 3 is 2.05 bits per heavy atom. The van der Waals surface area contributed by atoms with Crippen LogP contribution in [0.3, 0.4) is 0 Å². The SMILES string of the molecule is CC(O)=CC(=O)c1cccs1.CN(C)CCN(C)C.[Eu+2]. The van der Waals surface area contributed by atoms with E-state index in [4.69, 9.17) is 5.11 Å². The van der Waals surface area contributed by atoms with E-state index in [0.29, 0.717) is 4.88 Å². The third-order valence-corrected chi connectivity index (χ3v) is 2.98. The number of aliphatic hydroxyl groups is 1. The van der Waals surface area contributed by atoms with E-state index >= 15 is 0 Å². The van der Waals surface area contributed by atoms with Gasteiger partial charge < -0.3 is 14.9 Å². The molecule has 0 aromatic carbocycles. The van der Waals surface area contributed by atoms with Gasteiger partial charge in [-0.15, -0.1) is 11.3 Å². The number of carbonyl (C=O) groups is 1. The van der Waals surface area contributed by atoms with E-state index in [9.17, 15) is 4.79 Å². The summed E-state index contributed by atoms with van der Waals surface area (Å²) in [5.74, 6) is -0.0941. The van der Waals surface area contributed by atoms with Gasteiger partial charge in [0.05, 0.1) is 10.6 Å². The minimum Gasteiger partial charge on any atom is -0.512 e. The molecule has 0 aliphatic rings. The minimum atomic E-state index is -0.139. The molecule has 0 aliphatic heterocycles. The molecule has 4 nitrogen and oxygen atoms in total. The topological polar surface area (TPSA) is 43.8 Å². The first kappa shape index (κ1) is 22.7. The quantitative estimate of drug-likeness (QED) is 0.438. The molecule has 0 atom stereocenters. The normalized spacial score (nSPS) is 10.8. The summed E-state index contributed by atoms with van der Waals surface area (Å²) in [4.78, 5) is 16.1. The van der Waals surface area contributed by atoms with Crippen LogP contribution in [0.25, 0.3) is 0 Å².